The Morgan fingerprint density at radius 1 is 0.521 bits per heavy atom. The van der Waals surface area contributed by atoms with Crippen LogP contribution in [-0.4, -0.2) is 32.9 Å². The molecule has 0 saturated heterocycles. The summed E-state index contributed by atoms with van der Waals surface area (Å²) in [7, 11) is 7.00. The van der Waals surface area contributed by atoms with Crippen LogP contribution < -0.4 is 0 Å². The molecule has 1 heterocycles. The molecule has 2 aromatic rings. The molecule has 5 heteroatoms. The van der Waals surface area contributed by atoms with Gasteiger partial charge in [0, 0.05) is 22.8 Å². The molecule has 0 amide bonds. The fourth-order valence-electron chi connectivity index (χ4n) is 6.87. The number of hydrogen-bond donors (Lipinski definition) is 0. The third-order valence-electron chi connectivity index (χ3n) is 8.95. The van der Waals surface area contributed by atoms with E-state index in [2.05, 4.69) is 89.4 Å². The van der Waals surface area contributed by atoms with Gasteiger partial charge in [0.1, 0.15) is 0 Å². The summed E-state index contributed by atoms with van der Waals surface area (Å²) in [6.45, 7) is 15.9. The minimum absolute atomic E-state index is 0. The van der Waals surface area contributed by atoms with Crippen LogP contribution in [0.5, 0.6) is 0 Å². The van der Waals surface area contributed by atoms with Crippen molar-refractivity contribution in [2.24, 2.45) is 0 Å². The van der Waals surface area contributed by atoms with Gasteiger partial charge in [-0.2, -0.15) is 28.2 Å². The Morgan fingerprint density at radius 3 is 1.42 bits per heavy atom. The molecule has 0 aliphatic carbocycles. The summed E-state index contributed by atoms with van der Waals surface area (Å²) in [6, 6.07) is 9.51. The molecule has 0 unspecified atom stereocenters. The number of benzene rings is 2. The van der Waals surface area contributed by atoms with Gasteiger partial charge in [-0.05, 0) is 109 Å². The molecule has 4 nitrogen and oxygen atoms in total. The summed E-state index contributed by atoms with van der Waals surface area (Å²) >= 11 is 0. The fourth-order valence-corrected chi connectivity index (χ4v) is 6.87. The molecule has 1 aliphatic heterocycles. The summed E-state index contributed by atoms with van der Waals surface area (Å²) in [4.78, 5) is 0. The summed E-state index contributed by atoms with van der Waals surface area (Å²) < 4.78 is 1.55. The number of unbranched alkanes of at least 4 members (excludes halogenated alkanes) is 5. The molecule has 2 aromatic carbocycles. The van der Waals surface area contributed by atoms with Gasteiger partial charge < -0.3 is 16.2 Å². The molecule has 0 fully saturated rings. The first-order valence-corrected chi connectivity index (χ1v) is 19.0. The van der Waals surface area contributed by atoms with Gasteiger partial charge in [0.15, 0.2) is 0 Å². The second-order valence-electron chi connectivity index (χ2n) is 13.0. The van der Waals surface area contributed by atoms with Crippen LogP contribution in [0.4, 0.5) is 0 Å². The second-order valence-corrected chi connectivity index (χ2v) is 13.0. The smallest absolute Gasteiger partial charge is 0.668 e. The van der Waals surface area contributed by atoms with E-state index in [4.69, 9.17) is 0 Å². The summed E-state index contributed by atoms with van der Waals surface area (Å²) in [6.07, 6.45) is 20.9. The van der Waals surface area contributed by atoms with E-state index in [1.165, 1.54) is 89.5 Å². The largest absolute Gasteiger partial charge is 2.00 e. The monoisotopic (exact) mass is 700 g/mol. The summed E-state index contributed by atoms with van der Waals surface area (Å²) in [5.74, 6) is 0. The number of allylic oxidation sites excluding steroid dienone is 2. The topological polar surface area (TPSA) is 53.5 Å². The number of aryl methyl sites for hydroxylation is 4. The molecule has 0 saturated carbocycles. The van der Waals surface area contributed by atoms with Gasteiger partial charge in [-0.25, -0.2) is 4.70 Å². The molecule has 272 valence electrons. The van der Waals surface area contributed by atoms with E-state index in [0.717, 1.165) is 69.2 Å². The van der Waals surface area contributed by atoms with E-state index < -0.39 is 0 Å². The first kappa shape index (κ1) is 45.9. The van der Waals surface area contributed by atoms with E-state index >= 15 is 0 Å². The average Bonchev–Trinajstić information content (AvgIpc) is 3.39. The van der Waals surface area contributed by atoms with E-state index in [0.29, 0.717) is 0 Å². The Labute approximate surface area is 307 Å². The Kier molecular flexibility index (Phi) is 25.6. The minimum atomic E-state index is 0. The van der Waals surface area contributed by atoms with Gasteiger partial charge in [-0.15, -0.1) is 0 Å². The van der Waals surface area contributed by atoms with Crippen molar-refractivity contribution >= 4 is 11.4 Å². The zero-order valence-corrected chi connectivity index (χ0v) is 33.8. The Balaban J connectivity index is 0.00000293. The molecule has 0 radical (unpaired) electrons. The van der Waals surface area contributed by atoms with E-state index in [1.54, 1.807) is 38.5 Å². The first-order chi connectivity index (χ1) is 22.8. The zero-order chi connectivity index (χ0) is 35.2. The van der Waals surface area contributed by atoms with Crippen molar-refractivity contribution in [3.8, 4) is 0 Å². The van der Waals surface area contributed by atoms with Crippen molar-refractivity contribution in [1.29, 1.82) is 0 Å². The normalized spacial score (nSPS) is 12.2. The molecule has 0 aromatic heterocycles. The van der Waals surface area contributed by atoms with Crippen LogP contribution in [0.2, 0.25) is 0 Å². The predicted octanol–water partition coefficient (Wildman–Crippen LogP) is 13.0. The van der Waals surface area contributed by atoms with Crippen molar-refractivity contribution in [2.75, 3.05) is 28.2 Å². The van der Waals surface area contributed by atoms with Gasteiger partial charge in [0.2, 0.25) is 11.4 Å². The Hall–Kier alpha value is -2.07. The summed E-state index contributed by atoms with van der Waals surface area (Å²) in [5.41, 5.74) is 26.4. The van der Waals surface area contributed by atoms with Crippen LogP contribution in [0, 0.1) is 0 Å². The standard InChI is InChI=1S/C39H58N2.2C2H6N.Ni/c1-8-15-16-17-18-19-23-33-28-38(34-26-31(20-9-2)37(22-11-4)32(27-34)21-10-3)41(40)39(33)35-24-29(12-5)36(14-7)30(13-6)25-35;2*1-3-2;/h24-28H,8-23H2,1-7H3;2*1-2H3;/q;2*-1;+2. The molecule has 0 N–H and O–H groups in total. The van der Waals surface area contributed by atoms with Gasteiger partial charge in [-0.3, -0.25) is 0 Å². The molecule has 3 rings (SSSR count). The van der Waals surface area contributed by atoms with Crippen LogP contribution in [-0.2, 0) is 55.0 Å². The van der Waals surface area contributed by atoms with Gasteiger partial charge in [0.25, 0.3) is 0 Å². The minimum Gasteiger partial charge on any atom is -0.668 e. The van der Waals surface area contributed by atoms with Gasteiger partial charge in [0.05, 0.1) is 0 Å². The van der Waals surface area contributed by atoms with Crippen LogP contribution in [0.25, 0.3) is 27.6 Å². The van der Waals surface area contributed by atoms with Gasteiger partial charge >= 0.3 is 16.5 Å². The molecular formula is C43H70N4Ni. The van der Waals surface area contributed by atoms with Crippen molar-refractivity contribution in [3.63, 3.8) is 0 Å². The van der Waals surface area contributed by atoms with Crippen LogP contribution >= 0.6 is 0 Å². The van der Waals surface area contributed by atoms with Crippen LogP contribution in [0.3, 0.4) is 0 Å². The van der Waals surface area contributed by atoms with Crippen molar-refractivity contribution in [3.05, 3.63) is 96.6 Å². The maximum atomic E-state index is 12.0. The average molecular weight is 702 g/mol. The van der Waals surface area contributed by atoms with Crippen LogP contribution in [0.15, 0.2) is 35.9 Å². The van der Waals surface area contributed by atoms with Crippen molar-refractivity contribution < 1.29 is 21.2 Å². The van der Waals surface area contributed by atoms with Crippen LogP contribution in [0.1, 0.15) is 157 Å². The second kappa shape index (κ2) is 26.8. The maximum absolute atomic E-state index is 12.0. The molecule has 0 spiro atoms. The summed E-state index contributed by atoms with van der Waals surface area (Å²) in [5, 5.41) is 7.00. The maximum Gasteiger partial charge on any atom is 2.00 e. The first-order valence-electron chi connectivity index (χ1n) is 19.0. The third-order valence-corrected chi connectivity index (χ3v) is 8.95. The SMILES string of the molecule is CCCCCCCCC1=C(c2cc(CC)c(CC)c(CC)c2)[N+](=[N-])C(c2cc(CCC)c(CCC)c(CCC)c2)=C1.C[N-]C.C[N-]C.[Ni+2]. The Bertz CT molecular complexity index is 1220. The molecule has 48 heavy (non-hydrogen) atoms. The number of hydrogen-bond acceptors (Lipinski definition) is 0. The van der Waals surface area contributed by atoms with Gasteiger partial charge in [-0.1, -0.05) is 99.8 Å². The van der Waals surface area contributed by atoms with Crippen molar-refractivity contribution in [1.82, 2.24) is 0 Å². The molecule has 0 bridgehead atoms. The van der Waals surface area contributed by atoms with Crippen molar-refractivity contribution in [2.45, 2.75) is 151 Å². The predicted molar refractivity (Wildman–Crippen MR) is 210 cm³/mol. The Morgan fingerprint density at radius 2 is 0.979 bits per heavy atom. The molecule has 1 aliphatic rings. The number of nitrogens with zero attached hydrogens (tertiary/aromatic N) is 4. The third kappa shape index (κ3) is 13.7. The number of rotatable bonds is 18. The zero-order valence-electron chi connectivity index (χ0n) is 32.8. The van der Waals surface area contributed by atoms with E-state index in [9.17, 15) is 5.53 Å². The fraction of sp³-hybridized carbons (Fsp3) is 0.628. The molecule has 0 atom stereocenters. The van der Waals surface area contributed by atoms with E-state index in [-0.39, 0.29) is 16.5 Å². The van der Waals surface area contributed by atoms with E-state index in [1.807, 2.05) is 0 Å². The molecular weight excluding hydrogens is 631 g/mol. The quantitative estimate of drug-likeness (QED) is 0.0844.